The number of likely N-dealkylation sites (tertiary alicyclic amines) is 1. The Morgan fingerprint density at radius 3 is 2.85 bits per heavy atom. The molecule has 0 aromatic rings. The first-order valence-electron chi connectivity index (χ1n) is 4.61. The predicted octanol–water partition coefficient (Wildman–Crippen LogP) is 0.214. The standard InChI is InChI=1S/C9H15NO3/c1-2-13-6-5-10-4-3-8(11)7-9(10)12/h2-7H2,1H3. The van der Waals surface area contributed by atoms with Crippen LogP contribution in [0.1, 0.15) is 19.8 Å². The molecule has 0 bridgehead atoms. The van der Waals surface area contributed by atoms with Gasteiger partial charge in [0.05, 0.1) is 13.0 Å². The van der Waals surface area contributed by atoms with Gasteiger partial charge in [-0.15, -0.1) is 0 Å². The van der Waals surface area contributed by atoms with Crippen molar-refractivity contribution in [2.75, 3.05) is 26.3 Å². The maximum atomic E-state index is 11.2. The van der Waals surface area contributed by atoms with E-state index in [-0.39, 0.29) is 18.1 Å². The molecule has 13 heavy (non-hydrogen) atoms. The molecule has 1 amide bonds. The zero-order chi connectivity index (χ0) is 9.68. The molecule has 4 heteroatoms. The molecular weight excluding hydrogens is 170 g/mol. The number of carbonyl (C=O) groups excluding carboxylic acids is 2. The summed E-state index contributed by atoms with van der Waals surface area (Å²) >= 11 is 0. The molecule has 1 fully saturated rings. The van der Waals surface area contributed by atoms with Crippen molar-refractivity contribution in [1.29, 1.82) is 0 Å². The molecule has 1 saturated heterocycles. The Hall–Kier alpha value is -0.900. The summed E-state index contributed by atoms with van der Waals surface area (Å²) in [6.07, 6.45) is 0.573. The topological polar surface area (TPSA) is 46.6 Å². The Morgan fingerprint density at radius 2 is 2.23 bits per heavy atom. The molecule has 1 rings (SSSR count). The molecule has 1 heterocycles. The van der Waals surface area contributed by atoms with Crippen LogP contribution >= 0.6 is 0 Å². The van der Waals surface area contributed by atoms with Crippen LogP contribution in [-0.2, 0) is 14.3 Å². The predicted molar refractivity (Wildman–Crippen MR) is 47.3 cm³/mol. The monoisotopic (exact) mass is 185 g/mol. The van der Waals surface area contributed by atoms with Crippen LogP contribution in [0.4, 0.5) is 0 Å². The smallest absolute Gasteiger partial charge is 0.230 e. The van der Waals surface area contributed by atoms with Crippen LogP contribution in [0.15, 0.2) is 0 Å². The van der Waals surface area contributed by atoms with Gasteiger partial charge in [0.25, 0.3) is 0 Å². The Labute approximate surface area is 77.8 Å². The second kappa shape index (κ2) is 4.97. The first-order valence-corrected chi connectivity index (χ1v) is 4.61. The van der Waals surface area contributed by atoms with E-state index in [1.165, 1.54) is 0 Å². The van der Waals surface area contributed by atoms with Crippen molar-refractivity contribution in [3.8, 4) is 0 Å². The van der Waals surface area contributed by atoms with Crippen LogP contribution in [0.3, 0.4) is 0 Å². The number of hydrogen-bond donors (Lipinski definition) is 0. The van der Waals surface area contributed by atoms with E-state index in [2.05, 4.69) is 0 Å². The molecule has 0 radical (unpaired) electrons. The average Bonchev–Trinajstić information content (AvgIpc) is 2.09. The van der Waals surface area contributed by atoms with E-state index < -0.39 is 0 Å². The number of piperidine rings is 1. The minimum absolute atomic E-state index is 0.0534. The highest BCUT2D eigenvalue weighted by atomic mass is 16.5. The second-order valence-electron chi connectivity index (χ2n) is 3.04. The lowest BCUT2D eigenvalue weighted by molar-refractivity contribution is -0.140. The number of ketones is 1. The van der Waals surface area contributed by atoms with Crippen molar-refractivity contribution in [3.05, 3.63) is 0 Å². The van der Waals surface area contributed by atoms with Gasteiger partial charge < -0.3 is 9.64 Å². The molecule has 4 nitrogen and oxygen atoms in total. The van der Waals surface area contributed by atoms with Gasteiger partial charge in [0.2, 0.25) is 5.91 Å². The van der Waals surface area contributed by atoms with Gasteiger partial charge in [0.1, 0.15) is 5.78 Å². The Balaban J connectivity index is 2.26. The van der Waals surface area contributed by atoms with Crippen molar-refractivity contribution >= 4 is 11.7 Å². The minimum Gasteiger partial charge on any atom is -0.380 e. The SMILES string of the molecule is CCOCCN1CCC(=O)CC1=O. The third-order valence-electron chi connectivity index (χ3n) is 2.07. The van der Waals surface area contributed by atoms with E-state index in [4.69, 9.17) is 4.74 Å². The maximum absolute atomic E-state index is 11.2. The van der Waals surface area contributed by atoms with E-state index >= 15 is 0 Å². The van der Waals surface area contributed by atoms with Gasteiger partial charge in [-0.1, -0.05) is 0 Å². The lowest BCUT2D eigenvalue weighted by Crippen LogP contribution is -2.40. The summed E-state index contributed by atoms with van der Waals surface area (Å²) in [4.78, 5) is 23.8. The molecule has 0 spiro atoms. The number of Topliss-reactive ketones (excluding diaryl/α,β-unsaturated/α-hetero) is 1. The largest absolute Gasteiger partial charge is 0.380 e. The highest BCUT2D eigenvalue weighted by Crippen LogP contribution is 2.06. The normalized spacial score (nSPS) is 18.1. The highest BCUT2D eigenvalue weighted by molar-refractivity contribution is 6.00. The quantitative estimate of drug-likeness (QED) is 0.465. The number of hydrogen-bond acceptors (Lipinski definition) is 3. The summed E-state index contributed by atoms with van der Waals surface area (Å²) in [6, 6.07) is 0. The molecule has 0 N–H and O–H groups in total. The Bertz CT molecular complexity index is 203. The molecule has 0 unspecified atom stereocenters. The molecule has 0 aliphatic carbocycles. The van der Waals surface area contributed by atoms with E-state index in [9.17, 15) is 9.59 Å². The third kappa shape index (κ3) is 3.14. The summed E-state index contributed by atoms with van der Waals surface area (Å²) in [5.41, 5.74) is 0. The van der Waals surface area contributed by atoms with Gasteiger partial charge in [0, 0.05) is 26.1 Å². The second-order valence-corrected chi connectivity index (χ2v) is 3.04. The summed E-state index contributed by atoms with van der Waals surface area (Å²) in [6.45, 7) is 4.32. The van der Waals surface area contributed by atoms with Crippen LogP contribution in [0.2, 0.25) is 0 Å². The van der Waals surface area contributed by atoms with E-state index in [1.807, 2.05) is 6.92 Å². The number of ether oxygens (including phenoxy) is 1. The van der Waals surface area contributed by atoms with Crippen LogP contribution < -0.4 is 0 Å². The molecule has 0 atom stereocenters. The van der Waals surface area contributed by atoms with Crippen molar-refractivity contribution in [1.82, 2.24) is 4.90 Å². The zero-order valence-electron chi connectivity index (χ0n) is 7.91. The lowest BCUT2D eigenvalue weighted by atomic mass is 10.1. The van der Waals surface area contributed by atoms with Crippen molar-refractivity contribution < 1.29 is 14.3 Å². The van der Waals surface area contributed by atoms with Crippen molar-refractivity contribution in [2.24, 2.45) is 0 Å². The van der Waals surface area contributed by atoms with Gasteiger partial charge >= 0.3 is 0 Å². The molecule has 1 aliphatic heterocycles. The fraction of sp³-hybridized carbons (Fsp3) is 0.778. The lowest BCUT2D eigenvalue weighted by Gasteiger charge is -2.25. The zero-order valence-corrected chi connectivity index (χ0v) is 7.91. The Morgan fingerprint density at radius 1 is 1.46 bits per heavy atom. The van der Waals surface area contributed by atoms with Crippen LogP contribution in [0, 0.1) is 0 Å². The molecule has 1 aliphatic rings. The van der Waals surface area contributed by atoms with E-state index in [0.717, 1.165) is 0 Å². The molecule has 0 aromatic carbocycles. The van der Waals surface area contributed by atoms with Crippen LogP contribution in [0.25, 0.3) is 0 Å². The molecule has 0 aromatic heterocycles. The van der Waals surface area contributed by atoms with Gasteiger partial charge in [0.15, 0.2) is 0 Å². The Kier molecular flexibility index (Phi) is 3.89. The first kappa shape index (κ1) is 10.2. The highest BCUT2D eigenvalue weighted by Gasteiger charge is 2.22. The van der Waals surface area contributed by atoms with E-state index in [0.29, 0.717) is 32.7 Å². The molecule has 0 saturated carbocycles. The third-order valence-corrected chi connectivity index (χ3v) is 2.07. The number of rotatable bonds is 4. The maximum Gasteiger partial charge on any atom is 0.230 e. The van der Waals surface area contributed by atoms with Gasteiger partial charge in [-0.3, -0.25) is 9.59 Å². The average molecular weight is 185 g/mol. The van der Waals surface area contributed by atoms with Crippen LogP contribution in [-0.4, -0.2) is 42.9 Å². The summed E-state index contributed by atoms with van der Waals surface area (Å²) in [7, 11) is 0. The van der Waals surface area contributed by atoms with E-state index in [1.54, 1.807) is 4.90 Å². The van der Waals surface area contributed by atoms with Crippen LogP contribution in [0.5, 0.6) is 0 Å². The van der Waals surface area contributed by atoms with Crippen molar-refractivity contribution in [2.45, 2.75) is 19.8 Å². The molecular formula is C9H15NO3. The van der Waals surface area contributed by atoms with Crippen molar-refractivity contribution in [3.63, 3.8) is 0 Å². The minimum atomic E-state index is -0.0593. The van der Waals surface area contributed by atoms with Gasteiger partial charge in [-0.25, -0.2) is 0 Å². The number of amides is 1. The fourth-order valence-corrected chi connectivity index (χ4v) is 1.31. The number of nitrogens with zero attached hydrogens (tertiary/aromatic N) is 1. The van der Waals surface area contributed by atoms with Gasteiger partial charge in [-0.05, 0) is 6.92 Å². The summed E-state index contributed by atoms with van der Waals surface area (Å²) in [5, 5.41) is 0. The summed E-state index contributed by atoms with van der Waals surface area (Å²) in [5.74, 6) is -0.00591. The summed E-state index contributed by atoms with van der Waals surface area (Å²) < 4.78 is 5.13. The molecule has 74 valence electrons. The number of carbonyl (C=O) groups is 2. The fourth-order valence-electron chi connectivity index (χ4n) is 1.31. The first-order chi connectivity index (χ1) is 6.24. The van der Waals surface area contributed by atoms with Gasteiger partial charge in [-0.2, -0.15) is 0 Å².